The van der Waals surface area contributed by atoms with Gasteiger partial charge in [0.05, 0.1) is 19.8 Å². The maximum Gasteiger partial charge on any atom is 0.306 e. The van der Waals surface area contributed by atoms with Crippen LogP contribution in [-0.4, -0.2) is 38.9 Å². The highest BCUT2D eigenvalue weighted by molar-refractivity contribution is 5.69. The van der Waals surface area contributed by atoms with Crippen LogP contribution in [0.3, 0.4) is 0 Å². The van der Waals surface area contributed by atoms with Gasteiger partial charge < -0.3 is 14.8 Å². The smallest absolute Gasteiger partial charge is 0.306 e. The Balaban J connectivity index is 1.92. The normalized spacial score (nSPS) is 34.9. The Hall–Kier alpha value is -0.610. The van der Waals surface area contributed by atoms with Crippen molar-refractivity contribution >= 4 is 5.97 Å². The van der Waals surface area contributed by atoms with E-state index in [0.717, 1.165) is 26.3 Å². The average Bonchev–Trinajstić information content (AvgIpc) is 2.17. The molecule has 0 aliphatic carbocycles. The quantitative estimate of drug-likeness (QED) is 0.690. The summed E-state index contributed by atoms with van der Waals surface area (Å²) in [5.41, 5.74) is 0. The monoisotopic (exact) mass is 213 g/mol. The van der Waals surface area contributed by atoms with Crippen LogP contribution in [0.1, 0.15) is 13.3 Å². The van der Waals surface area contributed by atoms with E-state index >= 15 is 0 Å². The van der Waals surface area contributed by atoms with E-state index in [1.807, 2.05) is 6.92 Å². The number of carbonyl (C=O) groups excluding carboxylic acids is 1. The summed E-state index contributed by atoms with van der Waals surface area (Å²) in [6.45, 7) is 5.85. The highest BCUT2D eigenvalue weighted by Crippen LogP contribution is 2.32. The first-order valence-corrected chi connectivity index (χ1v) is 5.75. The van der Waals surface area contributed by atoms with E-state index in [-0.39, 0.29) is 5.97 Å². The van der Waals surface area contributed by atoms with Crippen LogP contribution in [0.25, 0.3) is 0 Å². The molecule has 3 atom stereocenters. The van der Waals surface area contributed by atoms with Crippen molar-refractivity contribution in [1.29, 1.82) is 0 Å². The predicted octanol–water partition coefficient (Wildman–Crippen LogP) is 0.422. The lowest BCUT2D eigenvalue weighted by Gasteiger charge is -2.42. The number of hydrogen-bond donors (Lipinski definition) is 1. The molecule has 2 aliphatic heterocycles. The molecule has 4 heteroatoms. The summed E-state index contributed by atoms with van der Waals surface area (Å²) in [4.78, 5) is 11.5. The van der Waals surface area contributed by atoms with Gasteiger partial charge in [0.2, 0.25) is 0 Å². The molecule has 0 spiro atoms. The van der Waals surface area contributed by atoms with Gasteiger partial charge in [-0.25, -0.2) is 0 Å². The lowest BCUT2D eigenvalue weighted by molar-refractivity contribution is -0.148. The lowest BCUT2D eigenvalue weighted by atomic mass is 9.75. The predicted molar refractivity (Wildman–Crippen MR) is 55.4 cm³/mol. The fourth-order valence-electron chi connectivity index (χ4n) is 2.62. The summed E-state index contributed by atoms with van der Waals surface area (Å²) in [7, 11) is 0. The summed E-state index contributed by atoms with van der Waals surface area (Å²) in [6.07, 6.45) is 0.564. The van der Waals surface area contributed by atoms with Gasteiger partial charge in [0.1, 0.15) is 0 Å². The minimum absolute atomic E-state index is 0.0544. The Kier molecular flexibility index (Phi) is 3.59. The Labute approximate surface area is 90.3 Å². The first-order chi connectivity index (χ1) is 7.31. The number of nitrogens with one attached hydrogen (secondary N) is 1. The molecule has 0 radical (unpaired) electrons. The zero-order valence-electron chi connectivity index (χ0n) is 9.20. The lowest BCUT2D eigenvalue weighted by Crippen LogP contribution is -2.51. The highest BCUT2D eigenvalue weighted by atomic mass is 16.5. The number of ether oxygens (including phenoxy) is 2. The fourth-order valence-corrected chi connectivity index (χ4v) is 2.62. The Bertz CT molecular complexity index is 210. The molecule has 4 nitrogen and oxygen atoms in total. The molecule has 86 valence electrons. The van der Waals surface area contributed by atoms with Gasteiger partial charge in [0, 0.05) is 19.5 Å². The standard InChI is InChI=1S/C11H19NO3/c1-2-15-11(13)3-10-8-4-12-5-9(10)7-14-6-8/h8-10,12H,2-7H2,1H3/t8-,9+,10?. The summed E-state index contributed by atoms with van der Waals surface area (Å²) in [6, 6.07) is 0. The minimum atomic E-state index is -0.0544. The van der Waals surface area contributed by atoms with Crippen molar-refractivity contribution in [3.05, 3.63) is 0 Å². The molecule has 2 heterocycles. The molecule has 1 N–H and O–H groups in total. The van der Waals surface area contributed by atoms with Crippen LogP contribution < -0.4 is 5.32 Å². The highest BCUT2D eigenvalue weighted by Gasteiger charge is 2.38. The average molecular weight is 213 g/mol. The zero-order valence-corrected chi connectivity index (χ0v) is 9.20. The minimum Gasteiger partial charge on any atom is -0.466 e. The molecule has 0 saturated carbocycles. The Morgan fingerprint density at radius 2 is 2.07 bits per heavy atom. The van der Waals surface area contributed by atoms with Gasteiger partial charge in [-0.15, -0.1) is 0 Å². The van der Waals surface area contributed by atoms with Crippen molar-refractivity contribution < 1.29 is 14.3 Å². The van der Waals surface area contributed by atoms with E-state index in [4.69, 9.17) is 9.47 Å². The van der Waals surface area contributed by atoms with Gasteiger partial charge in [0.15, 0.2) is 0 Å². The van der Waals surface area contributed by atoms with Crippen LogP contribution in [0.2, 0.25) is 0 Å². The molecule has 1 unspecified atom stereocenters. The molecule has 2 rings (SSSR count). The Morgan fingerprint density at radius 1 is 1.40 bits per heavy atom. The van der Waals surface area contributed by atoms with E-state index < -0.39 is 0 Å². The molecule has 2 aliphatic rings. The SMILES string of the molecule is CCOC(=O)CC1[C@@H]2CNC[C@H]1COC2. The number of hydrogen-bond acceptors (Lipinski definition) is 4. The first kappa shape index (κ1) is 10.9. The van der Waals surface area contributed by atoms with Gasteiger partial charge in [-0.05, 0) is 24.7 Å². The molecule has 0 aromatic carbocycles. The third kappa shape index (κ3) is 2.49. The second-order valence-electron chi connectivity index (χ2n) is 4.39. The topological polar surface area (TPSA) is 47.6 Å². The van der Waals surface area contributed by atoms with Gasteiger partial charge in [-0.1, -0.05) is 0 Å². The third-order valence-corrected chi connectivity index (χ3v) is 3.40. The number of fused-ring (bicyclic) bond motifs is 2. The van der Waals surface area contributed by atoms with Gasteiger partial charge in [0.25, 0.3) is 0 Å². The number of esters is 1. The van der Waals surface area contributed by atoms with Crippen LogP contribution >= 0.6 is 0 Å². The Morgan fingerprint density at radius 3 is 2.67 bits per heavy atom. The molecule has 0 amide bonds. The second-order valence-corrected chi connectivity index (χ2v) is 4.39. The van der Waals surface area contributed by atoms with E-state index in [0.29, 0.717) is 30.8 Å². The molecule has 2 bridgehead atoms. The zero-order chi connectivity index (χ0) is 10.7. The van der Waals surface area contributed by atoms with E-state index in [2.05, 4.69) is 5.32 Å². The first-order valence-electron chi connectivity index (χ1n) is 5.75. The maximum absolute atomic E-state index is 11.5. The van der Waals surface area contributed by atoms with Crippen LogP contribution in [-0.2, 0) is 14.3 Å². The summed E-state index contributed by atoms with van der Waals surface area (Å²) >= 11 is 0. The van der Waals surface area contributed by atoms with Gasteiger partial charge in [-0.2, -0.15) is 0 Å². The van der Waals surface area contributed by atoms with E-state index in [1.165, 1.54) is 0 Å². The molecule has 2 fully saturated rings. The van der Waals surface area contributed by atoms with Gasteiger partial charge in [-0.3, -0.25) is 4.79 Å². The number of rotatable bonds is 3. The van der Waals surface area contributed by atoms with Crippen molar-refractivity contribution in [1.82, 2.24) is 5.32 Å². The number of piperidine rings is 1. The third-order valence-electron chi connectivity index (χ3n) is 3.40. The van der Waals surface area contributed by atoms with Crippen molar-refractivity contribution in [2.45, 2.75) is 13.3 Å². The second kappa shape index (κ2) is 4.94. The fraction of sp³-hybridized carbons (Fsp3) is 0.909. The summed E-state index contributed by atoms with van der Waals surface area (Å²) in [5, 5.41) is 3.39. The van der Waals surface area contributed by atoms with Crippen LogP contribution in [0.15, 0.2) is 0 Å². The maximum atomic E-state index is 11.5. The van der Waals surface area contributed by atoms with Crippen LogP contribution in [0.4, 0.5) is 0 Å². The molecular weight excluding hydrogens is 194 g/mol. The largest absolute Gasteiger partial charge is 0.466 e. The number of carbonyl (C=O) groups is 1. The molecular formula is C11H19NO3. The molecule has 15 heavy (non-hydrogen) atoms. The van der Waals surface area contributed by atoms with E-state index in [1.54, 1.807) is 0 Å². The van der Waals surface area contributed by atoms with Gasteiger partial charge >= 0.3 is 5.97 Å². The van der Waals surface area contributed by atoms with Crippen LogP contribution in [0.5, 0.6) is 0 Å². The summed E-state index contributed by atoms with van der Waals surface area (Å²) < 4.78 is 10.5. The van der Waals surface area contributed by atoms with E-state index in [9.17, 15) is 4.79 Å². The van der Waals surface area contributed by atoms with Crippen molar-refractivity contribution in [3.8, 4) is 0 Å². The molecule has 2 saturated heterocycles. The van der Waals surface area contributed by atoms with Crippen molar-refractivity contribution in [2.24, 2.45) is 17.8 Å². The van der Waals surface area contributed by atoms with Crippen molar-refractivity contribution in [2.75, 3.05) is 32.9 Å². The molecule has 0 aromatic heterocycles. The van der Waals surface area contributed by atoms with Crippen LogP contribution in [0, 0.1) is 17.8 Å². The molecule has 0 aromatic rings. The van der Waals surface area contributed by atoms with Crippen molar-refractivity contribution in [3.63, 3.8) is 0 Å². The summed E-state index contributed by atoms with van der Waals surface area (Å²) in [5.74, 6) is 1.38.